The molecule has 0 amide bonds. The minimum atomic E-state index is -4.48. The zero-order valence-corrected chi connectivity index (χ0v) is 13.1. The Kier molecular flexibility index (Phi) is 4.38. The van der Waals surface area contributed by atoms with E-state index in [0.29, 0.717) is 16.7 Å². The average molecular weight is 339 g/mol. The Bertz CT molecular complexity index is 867. The molecule has 2 N–H and O–H groups in total. The summed E-state index contributed by atoms with van der Waals surface area (Å²) in [7, 11) is -4.48. The van der Waals surface area contributed by atoms with Gasteiger partial charge in [-0.15, -0.1) is 0 Å². The summed E-state index contributed by atoms with van der Waals surface area (Å²) in [6.07, 6.45) is 5.54. The first-order valence-electron chi connectivity index (χ1n) is 7.41. The van der Waals surface area contributed by atoms with Crippen LogP contribution in [0.25, 0.3) is 11.0 Å². The number of fused-ring (bicyclic) bond motifs is 1. The molecule has 0 radical (unpaired) electrons. The summed E-state index contributed by atoms with van der Waals surface area (Å²) >= 11 is 0. The lowest BCUT2D eigenvalue weighted by Gasteiger charge is -2.20. The molecule has 0 bridgehead atoms. The number of hydrogen-bond donors (Lipinski definition) is 2. The summed E-state index contributed by atoms with van der Waals surface area (Å²) in [4.78, 5) is 18.5. The molecule has 7 nitrogen and oxygen atoms in total. The Labute approximate surface area is 133 Å². The van der Waals surface area contributed by atoms with E-state index in [0.717, 1.165) is 25.7 Å². The number of hydrogen-bond acceptors (Lipinski definition) is 5. The molecule has 0 unspecified atom stereocenters. The molecular weight excluding hydrogens is 322 g/mol. The minimum Gasteiger partial charge on any atom is -0.461 e. The van der Waals surface area contributed by atoms with Crippen LogP contribution >= 0.6 is 0 Å². The monoisotopic (exact) mass is 339 g/mol. The van der Waals surface area contributed by atoms with Crippen LogP contribution in [0.3, 0.4) is 0 Å². The van der Waals surface area contributed by atoms with Crippen LogP contribution < -0.4 is 15.2 Å². The van der Waals surface area contributed by atoms with E-state index in [9.17, 15) is 13.2 Å². The lowest BCUT2D eigenvalue weighted by molar-refractivity contribution is 0.252. The third kappa shape index (κ3) is 3.90. The average Bonchev–Trinajstić information content (AvgIpc) is 2.53. The lowest BCUT2D eigenvalue weighted by Crippen LogP contribution is -2.26. The first-order valence-corrected chi connectivity index (χ1v) is 8.85. The Morgan fingerprint density at radius 1 is 1.17 bits per heavy atom. The standard InChI is InChI=1S/C15H17NO6S/c17-13-9-15(10-4-2-1-3-5-10)21-14-7-6-11(8-12(13)14)22-16-23(18,19)20/h6-10,16H,1-5H2,(H,18,19,20). The Hall–Kier alpha value is -1.90. The topological polar surface area (TPSA) is 106 Å². The summed E-state index contributed by atoms with van der Waals surface area (Å²) in [5, 5.41) is 0.291. The van der Waals surface area contributed by atoms with Gasteiger partial charge in [0.25, 0.3) is 0 Å². The second-order valence-corrected chi connectivity index (χ2v) is 6.78. The predicted octanol–water partition coefficient (Wildman–Crippen LogP) is 2.53. The number of nitrogens with one attached hydrogen (secondary N) is 1. The first kappa shape index (κ1) is 16.0. The number of rotatable bonds is 4. The summed E-state index contributed by atoms with van der Waals surface area (Å²) in [5.74, 6) is 1.05. The lowest BCUT2D eigenvalue weighted by atomic mass is 9.87. The molecule has 1 aliphatic carbocycles. The molecule has 1 aromatic carbocycles. The fourth-order valence-corrected chi connectivity index (χ4v) is 3.11. The van der Waals surface area contributed by atoms with Crippen molar-refractivity contribution in [2.75, 3.05) is 0 Å². The van der Waals surface area contributed by atoms with E-state index >= 15 is 0 Å². The van der Waals surface area contributed by atoms with Crippen molar-refractivity contribution in [1.82, 2.24) is 4.89 Å². The van der Waals surface area contributed by atoms with Crippen LogP contribution in [-0.2, 0) is 10.3 Å². The molecule has 0 aliphatic heterocycles. The smallest absolute Gasteiger partial charge is 0.364 e. The fourth-order valence-electron chi connectivity index (χ4n) is 2.91. The van der Waals surface area contributed by atoms with Gasteiger partial charge >= 0.3 is 10.3 Å². The molecule has 0 atom stereocenters. The number of benzene rings is 1. The van der Waals surface area contributed by atoms with Crippen LogP contribution in [0.1, 0.15) is 43.8 Å². The molecule has 1 aromatic heterocycles. The van der Waals surface area contributed by atoms with Crippen molar-refractivity contribution < 1.29 is 22.2 Å². The van der Waals surface area contributed by atoms with Crippen molar-refractivity contribution in [1.29, 1.82) is 0 Å². The normalized spacial score (nSPS) is 16.6. The summed E-state index contributed by atoms with van der Waals surface area (Å²) in [5.41, 5.74) is 0.224. The zero-order valence-electron chi connectivity index (χ0n) is 12.3. The molecule has 2 aromatic rings. The molecule has 1 saturated carbocycles. The third-order valence-corrected chi connectivity index (χ3v) is 4.28. The molecule has 124 valence electrons. The van der Waals surface area contributed by atoms with E-state index in [1.807, 2.05) is 0 Å². The first-order chi connectivity index (χ1) is 10.9. The van der Waals surface area contributed by atoms with Crippen LogP contribution in [0.4, 0.5) is 0 Å². The van der Waals surface area contributed by atoms with E-state index in [1.54, 1.807) is 6.07 Å². The highest BCUT2D eigenvalue weighted by Crippen LogP contribution is 2.33. The maximum Gasteiger partial charge on any atom is 0.364 e. The van der Waals surface area contributed by atoms with Gasteiger partial charge in [-0.2, -0.15) is 8.42 Å². The molecule has 8 heteroatoms. The summed E-state index contributed by atoms with van der Waals surface area (Å²) in [6.45, 7) is 0. The molecule has 23 heavy (non-hydrogen) atoms. The van der Waals surface area contributed by atoms with Gasteiger partial charge in [0.15, 0.2) is 5.43 Å². The minimum absolute atomic E-state index is 0.0767. The van der Waals surface area contributed by atoms with Crippen molar-refractivity contribution in [3.63, 3.8) is 0 Å². The van der Waals surface area contributed by atoms with Gasteiger partial charge in [-0.25, -0.2) is 0 Å². The largest absolute Gasteiger partial charge is 0.461 e. The maximum atomic E-state index is 12.3. The van der Waals surface area contributed by atoms with Crippen LogP contribution in [0.2, 0.25) is 0 Å². The molecule has 0 saturated heterocycles. The highest BCUT2D eigenvalue weighted by molar-refractivity contribution is 7.83. The van der Waals surface area contributed by atoms with Gasteiger partial charge in [0.05, 0.1) is 5.39 Å². The third-order valence-electron chi connectivity index (χ3n) is 3.99. The van der Waals surface area contributed by atoms with E-state index < -0.39 is 10.3 Å². The maximum absolute atomic E-state index is 12.3. The Balaban J connectivity index is 1.91. The van der Waals surface area contributed by atoms with E-state index in [2.05, 4.69) is 0 Å². The van der Waals surface area contributed by atoms with Crippen LogP contribution in [0, 0.1) is 0 Å². The van der Waals surface area contributed by atoms with E-state index in [-0.39, 0.29) is 17.1 Å². The second kappa shape index (κ2) is 6.31. The quantitative estimate of drug-likeness (QED) is 0.655. The van der Waals surface area contributed by atoms with Gasteiger partial charge in [0.1, 0.15) is 17.1 Å². The predicted molar refractivity (Wildman–Crippen MR) is 83.6 cm³/mol. The fraction of sp³-hybridized carbons (Fsp3) is 0.400. The van der Waals surface area contributed by atoms with Crippen molar-refractivity contribution >= 4 is 21.3 Å². The van der Waals surface area contributed by atoms with Gasteiger partial charge in [0, 0.05) is 12.0 Å². The van der Waals surface area contributed by atoms with Gasteiger partial charge in [0.2, 0.25) is 0 Å². The van der Waals surface area contributed by atoms with Gasteiger partial charge in [-0.3, -0.25) is 9.35 Å². The van der Waals surface area contributed by atoms with Crippen LogP contribution in [0.5, 0.6) is 5.75 Å². The summed E-state index contributed by atoms with van der Waals surface area (Å²) in [6, 6.07) is 5.86. The van der Waals surface area contributed by atoms with Gasteiger partial charge < -0.3 is 9.25 Å². The van der Waals surface area contributed by atoms with Crippen molar-refractivity contribution in [3.05, 3.63) is 40.2 Å². The van der Waals surface area contributed by atoms with Crippen molar-refractivity contribution in [2.45, 2.75) is 38.0 Å². The second-order valence-electron chi connectivity index (χ2n) is 5.67. The van der Waals surface area contributed by atoms with Crippen molar-refractivity contribution in [2.24, 2.45) is 0 Å². The summed E-state index contributed by atoms with van der Waals surface area (Å²) < 4.78 is 35.6. The van der Waals surface area contributed by atoms with Crippen molar-refractivity contribution in [3.8, 4) is 5.75 Å². The highest BCUT2D eigenvalue weighted by Gasteiger charge is 2.19. The molecular formula is C15H17NO6S. The van der Waals surface area contributed by atoms with Crippen LogP contribution in [0.15, 0.2) is 33.5 Å². The van der Waals surface area contributed by atoms with E-state index in [4.69, 9.17) is 13.8 Å². The molecule has 1 fully saturated rings. The van der Waals surface area contributed by atoms with Gasteiger partial charge in [-0.1, -0.05) is 19.3 Å². The zero-order chi connectivity index (χ0) is 16.4. The Morgan fingerprint density at radius 2 is 1.91 bits per heavy atom. The van der Waals surface area contributed by atoms with E-state index in [1.165, 1.54) is 29.5 Å². The molecule has 3 rings (SSSR count). The SMILES string of the molecule is O=c1cc(C2CCCCC2)oc2ccc(ONS(=O)(=O)O)cc12. The Morgan fingerprint density at radius 3 is 2.61 bits per heavy atom. The molecule has 1 heterocycles. The molecule has 1 aliphatic rings. The highest BCUT2D eigenvalue weighted by atomic mass is 32.2. The molecule has 0 spiro atoms. The van der Waals surface area contributed by atoms with Crippen LogP contribution in [-0.4, -0.2) is 13.0 Å². The van der Waals surface area contributed by atoms with Gasteiger partial charge in [-0.05, 0) is 35.9 Å².